The van der Waals surface area contributed by atoms with Gasteiger partial charge in [0.1, 0.15) is 5.82 Å². The van der Waals surface area contributed by atoms with Crippen molar-refractivity contribution in [3.05, 3.63) is 35.6 Å². The lowest BCUT2D eigenvalue weighted by atomic mass is 9.92. The fraction of sp³-hybridized carbons (Fsp3) is 0.600. The zero-order valence-corrected chi connectivity index (χ0v) is 11.3. The molecular formula is C15H23FN2. The van der Waals surface area contributed by atoms with E-state index in [0.29, 0.717) is 6.04 Å². The molecule has 1 N–H and O–H groups in total. The third-order valence-electron chi connectivity index (χ3n) is 3.99. The van der Waals surface area contributed by atoms with Crippen molar-refractivity contribution in [2.75, 3.05) is 20.1 Å². The molecule has 2 nitrogen and oxygen atoms in total. The first-order chi connectivity index (χ1) is 8.65. The summed E-state index contributed by atoms with van der Waals surface area (Å²) >= 11 is 0. The maximum atomic E-state index is 12.8. The summed E-state index contributed by atoms with van der Waals surface area (Å²) in [5.41, 5.74) is 1.15. The Bertz CT molecular complexity index is 363. The molecule has 18 heavy (non-hydrogen) atoms. The standard InChI is InChI=1S/C15H23FN2/c1-12-9-14(7-8-18(12)2)11-17-10-13-3-5-15(16)6-4-13/h3-6,12,14,17H,7-11H2,1-2H3/t12-,14-/m1/s1. The highest BCUT2D eigenvalue weighted by Crippen LogP contribution is 2.20. The van der Waals surface area contributed by atoms with Gasteiger partial charge in [0.15, 0.2) is 0 Å². The molecule has 1 aromatic carbocycles. The van der Waals surface area contributed by atoms with Crippen LogP contribution in [0.3, 0.4) is 0 Å². The highest BCUT2D eigenvalue weighted by molar-refractivity contribution is 5.15. The summed E-state index contributed by atoms with van der Waals surface area (Å²) in [4.78, 5) is 2.43. The molecule has 2 atom stereocenters. The van der Waals surface area contributed by atoms with Gasteiger partial charge in [-0.05, 0) is 63.5 Å². The average molecular weight is 250 g/mol. The summed E-state index contributed by atoms with van der Waals surface area (Å²) in [6, 6.07) is 7.43. The lowest BCUT2D eigenvalue weighted by Crippen LogP contribution is -2.40. The largest absolute Gasteiger partial charge is 0.312 e. The number of benzene rings is 1. The first-order valence-electron chi connectivity index (χ1n) is 6.80. The fourth-order valence-corrected chi connectivity index (χ4v) is 2.60. The molecule has 0 radical (unpaired) electrons. The molecule has 0 saturated carbocycles. The van der Waals surface area contributed by atoms with Gasteiger partial charge < -0.3 is 10.2 Å². The van der Waals surface area contributed by atoms with Crippen LogP contribution in [-0.4, -0.2) is 31.1 Å². The minimum atomic E-state index is -0.164. The van der Waals surface area contributed by atoms with E-state index < -0.39 is 0 Å². The predicted octanol–water partition coefficient (Wildman–Crippen LogP) is 2.65. The van der Waals surface area contributed by atoms with Crippen molar-refractivity contribution < 1.29 is 4.39 Å². The topological polar surface area (TPSA) is 15.3 Å². The fourth-order valence-electron chi connectivity index (χ4n) is 2.60. The molecule has 0 spiro atoms. The Morgan fingerprint density at radius 2 is 2.06 bits per heavy atom. The number of nitrogens with zero attached hydrogens (tertiary/aromatic N) is 1. The third-order valence-corrected chi connectivity index (χ3v) is 3.99. The van der Waals surface area contributed by atoms with Gasteiger partial charge in [0.25, 0.3) is 0 Å². The number of hydrogen-bond donors (Lipinski definition) is 1. The molecular weight excluding hydrogens is 227 g/mol. The summed E-state index contributed by atoms with van der Waals surface area (Å²) in [6.45, 7) is 5.40. The van der Waals surface area contributed by atoms with E-state index >= 15 is 0 Å². The maximum Gasteiger partial charge on any atom is 0.123 e. The number of piperidine rings is 1. The third kappa shape index (κ3) is 3.79. The van der Waals surface area contributed by atoms with Crippen LogP contribution in [0, 0.1) is 11.7 Å². The number of halogens is 1. The molecule has 0 bridgehead atoms. The number of nitrogens with one attached hydrogen (secondary N) is 1. The Morgan fingerprint density at radius 1 is 1.33 bits per heavy atom. The van der Waals surface area contributed by atoms with E-state index in [1.54, 1.807) is 0 Å². The van der Waals surface area contributed by atoms with Gasteiger partial charge in [-0.3, -0.25) is 0 Å². The summed E-state index contributed by atoms with van der Waals surface area (Å²) in [6.07, 6.45) is 2.55. The maximum absolute atomic E-state index is 12.8. The summed E-state index contributed by atoms with van der Waals surface area (Å²) < 4.78 is 12.8. The zero-order valence-electron chi connectivity index (χ0n) is 11.3. The van der Waals surface area contributed by atoms with Gasteiger partial charge in [-0.2, -0.15) is 0 Å². The second-order valence-corrected chi connectivity index (χ2v) is 5.48. The Labute approximate surface area is 109 Å². The van der Waals surface area contributed by atoms with Gasteiger partial charge in [-0.15, -0.1) is 0 Å². The zero-order chi connectivity index (χ0) is 13.0. The number of likely N-dealkylation sites (tertiary alicyclic amines) is 1. The molecule has 3 heteroatoms. The van der Waals surface area contributed by atoms with Gasteiger partial charge in [0, 0.05) is 12.6 Å². The van der Waals surface area contributed by atoms with Crippen molar-refractivity contribution in [2.45, 2.75) is 32.4 Å². The molecule has 0 aromatic heterocycles. The van der Waals surface area contributed by atoms with E-state index in [-0.39, 0.29) is 5.82 Å². The summed E-state index contributed by atoms with van der Waals surface area (Å²) in [5.74, 6) is 0.611. The monoisotopic (exact) mass is 250 g/mol. The van der Waals surface area contributed by atoms with Gasteiger partial charge in [-0.25, -0.2) is 4.39 Å². The Kier molecular flexibility index (Phi) is 4.72. The van der Waals surface area contributed by atoms with Gasteiger partial charge in [0.05, 0.1) is 0 Å². The predicted molar refractivity (Wildman–Crippen MR) is 72.9 cm³/mol. The average Bonchev–Trinajstić information content (AvgIpc) is 2.36. The smallest absolute Gasteiger partial charge is 0.123 e. The molecule has 1 saturated heterocycles. The van der Waals surface area contributed by atoms with Crippen LogP contribution >= 0.6 is 0 Å². The van der Waals surface area contributed by atoms with Crippen molar-refractivity contribution in [1.29, 1.82) is 0 Å². The lowest BCUT2D eigenvalue weighted by molar-refractivity contribution is 0.152. The van der Waals surface area contributed by atoms with Crippen LogP contribution < -0.4 is 5.32 Å². The van der Waals surface area contributed by atoms with Crippen molar-refractivity contribution in [2.24, 2.45) is 5.92 Å². The molecule has 0 aliphatic carbocycles. The molecule has 1 fully saturated rings. The van der Waals surface area contributed by atoms with Crippen LogP contribution in [-0.2, 0) is 6.54 Å². The van der Waals surface area contributed by atoms with E-state index in [2.05, 4.69) is 24.2 Å². The molecule has 0 amide bonds. The Morgan fingerprint density at radius 3 is 2.72 bits per heavy atom. The molecule has 1 aliphatic heterocycles. The molecule has 1 aliphatic rings. The molecule has 2 rings (SSSR count). The van der Waals surface area contributed by atoms with E-state index in [9.17, 15) is 4.39 Å². The second-order valence-electron chi connectivity index (χ2n) is 5.48. The van der Waals surface area contributed by atoms with Crippen LogP contribution in [0.2, 0.25) is 0 Å². The van der Waals surface area contributed by atoms with Gasteiger partial charge >= 0.3 is 0 Å². The molecule has 1 aromatic rings. The van der Waals surface area contributed by atoms with Gasteiger partial charge in [0.2, 0.25) is 0 Å². The Hall–Kier alpha value is -0.930. The summed E-state index contributed by atoms with van der Waals surface area (Å²) in [5, 5.41) is 3.49. The lowest BCUT2D eigenvalue weighted by Gasteiger charge is -2.35. The van der Waals surface area contributed by atoms with E-state index in [0.717, 1.165) is 24.6 Å². The minimum Gasteiger partial charge on any atom is -0.312 e. The molecule has 100 valence electrons. The van der Waals surface area contributed by atoms with E-state index in [1.807, 2.05) is 12.1 Å². The van der Waals surface area contributed by atoms with Crippen LogP contribution in [0.5, 0.6) is 0 Å². The quantitative estimate of drug-likeness (QED) is 0.883. The van der Waals surface area contributed by atoms with Gasteiger partial charge in [-0.1, -0.05) is 12.1 Å². The van der Waals surface area contributed by atoms with Crippen molar-refractivity contribution in [3.63, 3.8) is 0 Å². The van der Waals surface area contributed by atoms with Crippen LogP contribution in [0.15, 0.2) is 24.3 Å². The molecule has 0 unspecified atom stereocenters. The summed E-state index contributed by atoms with van der Waals surface area (Å²) in [7, 11) is 2.20. The second kappa shape index (κ2) is 6.30. The first kappa shape index (κ1) is 13.5. The number of rotatable bonds is 4. The highest BCUT2D eigenvalue weighted by atomic mass is 19.1. The molecule has 1 heterocycles. The van der Waals surface area contributed by atoms with Crippen LogP contribution in [0.4, 0.5) is 4.39 Å². The van der Waals surface area contributed by atoms with Crippen LogP contribution in [0.1, 0.15) is 25.3 Å². The minimum absolute atomic E-state index is 0.164. The SMILES string of the molecule is C[C@@H]1C[C@H](CNCc2ccc(F)cc2)CCN1C. The van der Waals surface area contributed by atoms with Crippen molar-refractivity contribution in [1.82, 2.24) is 10.2 Å². The van der Waals surface area contributed by atoms with E-state index in [4.69, 9.17) is 0 Å². The normalized spacial score (nSPS) is 25.3. The first-order valence-corrected chi connectivity index (χ1v) is 6.80. The van der Waals surface area contributed by atoms with Crippen molar-refractivity contribution >= 4 is 0 Å². The van der Waals surface area contributed by atoms with Crippen molar-refractivity contribution in [3.8, 4) is 0 Å². The highest BCUT2D eigenvalue weighted by Gasteiger charge is 2.22. The number of hydrogen-bond acceptors (Lipinski definition) is 2. The Balaban J connectivity index is 1.71. The van der Waals surface area contributed by atoms with E-state index in [1.165, 1.54) is 31.5 Å². The van der Waals surface area contributed by atoms with Crippen LogP contribution in [0.25, 0.3) is 0 Å².